The minimum atomic E-state index is 0. The number of carbonyl (C=O) groups is 1. The Hall–Kier alpha value is -0.340. The summed E-state index contributed by atoms with van der Waals surface area (Å²) in [5.74, 6) is 0.198. The molecule has 0 heterocycles. The van der Waals surface area contributed by atoms with E-state index in [4.69, 9.17) is 0 Å². The van der Waals surface area contributed by atoms with Crippen LogP contribution in [0.4, 0.5) is 0 Å². The molecule has 0 saturated carbocycles. The largest absolute Gasteiger partial charge is 1.00 e. The van der Waals surface area contributed by atoms with Gasteiger partial charge in [0.05, 0.1) is 27.7 Å². The van der Waals surface area contributed by atoms with Crippen molar-refractivity contribution < 1.29 is 21.7 Å². The van der Waals surface area contributed by atoms with Gasteiger partial charge in [0.1, 0.15) is 0 Å². The summed E-state index contributed by atoms with van der Waals surface area (Å²) < 4.78 is 0.920. The van der Waals surface area contributed by atoms with Crippen LogP contribution in [0.15, 0.2) is 12.2 Å². The third-order valence-corrected chi connectivity index (χ3v) is 1.71. The fraction of sp³-hybridized carbons (Fsp3) is 0.700. The molecule has 3 heteroatoms. The molecular formula is C10H20ClNO. The molecule has 0 radical (unpaired) electrons. The van der Waals surface area contributed by atoms with Gasteiger partial charge < -0.3 is 16.9 Å². The number of quaternary nitrogens is 1. The third-order valence-electron chi connectivity index (χ3n) is 1.71. The summed E-state index contributed by atoms with van der Waals surface area (Å²) in [5.41, 5.74) is 0.677. The Balaban J connectivity index is 0. The molecule has 0 N–H and O–H groups in total. The number of halogens is 1. The number of nitrogens with zero attached hydrogens (tertiary/aromatic N) is 1. The fourth-order valence-corrected chi connectivity index (χ4v) is 0.927. The van der Waals surface area contributed by atoms with Crippen molar-refractivity contribution in [3.05, 3.63) is 12.2 Å². The average Bonchev–Trinajstić information content (AvgIpc) is 1.84. The van der Waals surface area contributed by atoms with Crippen LogP contribution >= 0.6 is 0 Å². The maximum atomic E-state index is 11.1. The number of hydrogen-bond acceptors (Lipinski definition) is 1. The van der Waals surface area contributed by atoms with E-state index < -0.39 is 0 Å². The molecule has 0 aromatic heterocycles. The molecule has 0 rings (SSSR count). The molecule has 0 amide bonds. The first-order valence-corrected chi connectivity index (χ1v) is 4.32. The highest BCUT2D eigenvalue weighted by molar-refractivity contribution is 5.93. The van der Waals surface area contributed by atoms with Crippen LogP contribution in [0.5, 0.6) is 0 Å². The molecule has 0 aromatic carbocycles. The van der Waals surface area contributed by atoms with Crippen molar-refractivity contribution in [2.45, 2.75) is 19.8 Å². The quantitative estimate of drug-likeness (QED) is 0.400. The van der Waals surface area contributed by atoms with Gasteiger partial charge in [-0.05, 0) is 12.5 Å². The molecular weight excluding hydrogens is 186 g/mol. The summed E-state index contributed by atoms with van der Waals surface area (Å²) in [6, 6.07) is 0. The van der Waals surface area contributed by atoms with E-state index in [0.717, 1.165) is 17.4 Å². The second-order valence-corrected chi connectivity index (χ2v) is 4.32. The second-order valence-electron chi connectivity index (χ2n) is 4.32. The first kappa shape index (κ1) is 15.1. The minimum absolute atomic E-state index is 0. The molecule has 0 aliphatic heterocycles. The lowest BCUT2D eigenvalue weighted by Crippen LogP contribution is -3.00. The zero-order valence-electron chi connectivity index (χ0n) is 9.06. The molecule has 0 atom stereocenters. The van der Waals surface area contributed by atoms with Crippen LogP contribution in [-0.2, 0) is 4.79 Å². The van der Waals surface area contributed by atoms with Crippen molar-refractivity contribution in [1.29, 1.82) is 0 Å². The second kappa shape index (κ2) is 6.17. The third kappa shape index (κ3) is 9.57. The maximum absolute atomic E-state index is 11.1. The molecule has 13 heavy (non-hydrogen) atoms. The van der Waals surface area contributed by atoms with E-state index in [1.807, 2.05) is 0 Å². The van der Waals surface area contributed by atoms with Crippen molar-refractivity contribution in [2.24, 2.45) is 0 Å². The lowest BCUT2D eigenvalue weighted by atomic mass is 10.1. The molecule has 0 spiro atoms. The Morgan fingerprint density at radius 1 is 1.31 bits per heavy atom. The number of carbonyl (C=O) groups excluding carboxylic acids is 1. The molecule has 78 valence electrons. The Morgan fingerprint density at radius 3 is 2.08 bits per heavy atom. The normalized spacial score (nSPS) is 10.5. The van der Waals surface area contributed by atoms with Gasteiger partial charge in [0.2, 0.25) is 0 Å². The average molecular weight is 206 g/mol. The van der Waals surface area contributed by atoms with Crippen LogP contribution in [0, 0.1) is 0 Å². The van der Waals surface area contributed by atoms with Gasteiger partial charge in [-0.3, -0.25) is 4.79 Å². The lowest BCUT2D eigenvalue weighted by Gasteiger charge is -2.23. The highest BCUT2D eigenvalue weighted by Crippen LogP contribution is 2.02. The van der Waals surface area contributed by atoms with Crippen LogP contribution in [0.1, 0.15) is 19.8 Å². The van der Waals surface area contributed by atoms with Crippen molar-refractivity contribution in [3.63, 3.8) is 0 Å². The SMILES string of the molecule is C=C(C)C(=O)CCC[N+](C)(C)C.[Cl-]. The predicted octanol–water partition coefficient (Wildman–Crippen LogP) is -1.38. The smallest absolute Gasteiger partial charge is 0.158 e. The standard InChI is InChI=1S/C10H20NO.ClH/c1-9(2)10(12)7-6-8-11(3,4)5;/h1,6-8H2,2-5H3;1H/q+1;/p-1. The van der Waals surface area contributed by atoms with E-state index >= 15 is 0 Å². The van der Waals surface area contributed by atoms with Crippen molar-refractivity contribution in [2.75, 3.05) is 27.7 Å². The molecule has 0 aromatic rings. The van der Waals surface area contributed by atoms with Crippen molar-refractivity contribution >= 4 is 5.78 Å². The highest BCUT2D eigenvalue weighted by atomic mass is 35.5. The van der Waals surface area contributed by atoms with Crippen LogP contribution in [-0.4, -0.2) is 38.0 Å². The first-order chi connectivity index (χ1) is 5.33. The summed E-state index contributed by atoms with van der Waals surface area (Å²) in [6.07, 6.45) is 1.60. The van der Waals surface area contributed by atoms with Gasteiger partial charge >= 0.3 is 0 Å². The molecule has 0 unspecified atom stereocenters. The topological polar surface area (TPSA) is 17.1 Å². The number of ketones is 1. The Labute approximate surface area is 87.6 Å². The van der Waals surface area contributed by atoms with Gasteiger partial charge in [0.25, 0.3) is 0 Å². The maximum Gasteiger partial charge on any atom is 0.158 e. The fourth-order valence-electron chi connectivity index (χ4n) is 0.927. The summed E-state index contributed by atoms with van der Waals surface area (Å²) in [4.78, 5) is 11.1. The summed E-state index contributed by atoms with van der Waals surface area (Å²) in [7, 11) is 6.39. The van der Waals surface area contributed by atoms with Gasteiger partial charge in [-0.2, -0.15) is 0 Å². The van der Waals surface area contributed by atoms with Gasteiger partial charge in [0, 0.05) is 12.8 Å². The van der Waals surface area contributed by atoms with Crippen molar-refractivity contribution in [1.82, 2.24) is 0 Å². The van der Waals surface area contributed by atoms with Crippen LogP contribution in [0.2, 0.25) is 0 Å². The summed E-state index contributed by atoms with van der Waals surface area (Å²) >= 11 is 0. The van der Waals surface area contributed by atoms with E-state index in [9.17, 15) is 4.79 Å². The molecule has 0 aliphatic rings. The Morgan fingerprint density at radius 2 is 1.77 bits per heavy atom. The Kier molecular flexibility index (Phi) is 7.18. The van der Waals surface area contributed by atoms with Crippen molar-refractivity contribution in [3.8, 4) is 0 Å². The zero-order valence-corrected chi connectivity index (χ0v) is 9.82. The number of allylic oxidation sites excluding steroid dienone is 1. The van der Waals surface area contributed by atoms with E-state index in [0.29, 0.717) is 12.0 Å². The summed E-state index contributed by atoms with van der Waals surface area (Å²) in [6.45, 7) is 6.43. The van der Waals surface area contributed by atoms with Crippen LogP contribution in [0.25, 0.3) is 0 Å². The van der Waals surface area contributed by atoms with Gasteiger partial charge in [-0.15, -0.1) is 0 Å². The molecule has 0 saturated heterocycles. The number of hydrogen-bond donors (Lipinski definition) is 0. The van der Waals surface area contributed by atoms with Gasteiger partial charge in [-0.25, -0.2) is 0 Å². The minimum Gasteiger partial charge on any atom is -1.00 e. The monoisotopic (exact) mass is 205 g/mol. The van der Waals surface area contributed by atoms with Gasteiger partial charge in [-0.1, -0.05) is 6.58 Å². The van der Waals surface area contributed by atoms with Gasteiger partial charge in [0.15, 0.2) is 5.78 Å². The van der Waals surface area contributed by atoms with E-state index in [2.05, 4.69) is 27.7 Å². The Bertz CT molecular complexity index is 182. The molecule has 0 bridgehead atoms. The van der Waals surface area contributed by atoms with E-state index in [-0.39, 0.29) is 18.2 Å². The number of rotatable bonds is 5. The summed E-state index contributed by atoms with van der Waals surface area (Å²) in [5, 5.41) is 0. The predicted molar refractivity (Wildman–Crippen MR) is 52.0 cm³/mol. The van der Waals surface area contributed by atoms with Crippen LogP contribution in [0.3, 0.4) is 0 Å². The molecule has 0 fully saturated rings. The highest BCUT2D eigenvalue weighted by Gasteiger charge is 2.08. The number of Topliss-reactive ketones (excluding diaryl/α,β-unsaturated/α-hetero) is 1. The zero-order chi connectivity index (χ0) is 9.78. The molecule has 2 nitrogen and oxygen atoms in total. The lowest BCUT2D eigenvalue weighted by molar-refractivity contribution is -0.870. The molecule has 0 aliphatic carbocycles. The van der Waals surface area contributed by atoms with E-state index in [1.165, 1.54) is 0 Å². The van der Waals surface area contributed by atoms with E-state index in [1.54, 1.807) is 6.92 Å². The van der Waals surface area contributed by atoms with Crippen LogP contribution < -0.4 is 12.4 Å². The first-order valence-electron chi connectivity index (χ1n) is 4.32.